The van der Waals surface area contributed by atoms with Gasteiger partial charge >= 0.3 is 17.1 Å². The molecule has 0 rings (SSSR count). The molecular formula is C11H20ClF6NO3S. The number of rotatable bonds is 10. The van der Waals surface area contributed by atoms with E-state index in [9.17, 15) is 39.3 Å². The first kappa shape index (κ1) is 25.0. The Morgan fingerprint density at radius 2 is 1.52 bits per heavy atom. The van der Waals surface area contributed by atoms with E-state index < -0.39 is 39.0 Å². The van der Waals surface area contributed by atoms with Crippen LogP contribution in [-0.2, 0) is 10.1 Å². The van der Waals surface area contributed by atoms with Gasteiger partial charge in [0.1, 0.15) is 0 Å². The van der Waals surface area contributed by atoms with Crippen molar-refractivity contribution in [3.8, 4) is 0 Å². The number of unbranched alkanes of at least 4 members (excludes halogenated alkanes) is 3. The van der Waals surface area contributed by atoms with Crippen molar-refractivity contribution >= 4 is 21.7 Å². The summed E-state index contributed by atoms with van der Waals surface area (Å²) in [5.41, 5.74) is 0. The molecule has 0 fully saturated rings. The predicted molar refractivity (Wildman–Crippen MR) is 73.5 cm³/mol. The topological polar surface area (TPSA) is 93.7 Å². The van der Waals surface area contributed by atoms with E-state index in [0.717, 1.165) is 12.8 Å². The average Bonchev–Trinajstić information content (AvgIpc) is 2.32. The second-order valence-corrected chi connectivity index (χ2v) is 6.94. The zero-order valence-electron chi connectivity index (χ0n) is 12.6. The van der Waals surface area contributed by atoms with Crippen LogP contribution in [0, 0.1) is 0 Å². The number of hydrogen-bond donors (Lipinski definition) is 1. The van der Waals surface area contributed by atoms with Crippen molar-refractivity contribution in [1.29, 1.82) is 0 Å². The van der Waals surface area contributed by atoms with Crippen LogP contribution in [0.3, 0.4) is 0 Å². The van der Waals surface area contributed by atoms with E-state index in [2.05, 4.69) is 0 Å². The van der Waals surface area contributed by atoms with Crippen molar-refractivity contribution in [3.63, 3.8) is 0 Å². The van der Waals surface area contributed by atoms with Gasteiger partial charge in [0.2, 0.25) is 0 Å². The van der Waals surface area contributed by atoms with Crippen LogP contribution < -0.4 is 6.15 Å². The molecule has 0 amide bonds. The van der Waals surface area contributed by atoms with Gasteiger partial charge in [-0.2, -0.15) is 26.3 Å². The molecule has 4 N–H and O–H groups in total. The first-order valence-electron chi connectivity index (χ1n) is 6.43. The Balaban J connectivity index is 0. The molecule has 4 nitrogen and oxygen atoms in total. The molecule has 0 aliphatic heterocycles. The van der Waals surface area contributed by atoms with Gasteiger partial charge in [0.05, 0.1) is 0 Å². The Morgan fingerprint density at radius 3 is 1.91 bits per heavy atom. The maximum atomic E-state index is 13.3. The summed E-state index contributed by atoms with van der Waals surface area (Å²) >= 11 is 5.43. The van der Waals surface area contributed by atoms with Gasteiger partial charge in [-0.25, -0.2) is 8.42 Å². The lowest BCUT2D eigenvalue weighted by atomic mass is 10.0. The third-order valence-corrected chi connectivity index (χ3v) is 4.24. The molecule has 142 valence electrons. The van der Waals surface area contributed by atoms with E-state index in [-0.39, 0.29) is 12.6 Å². The lowest BCUT2D eigenvalue weighted by Crippen LogP contribution is -2.58. The fourth-order valence-electron chi connectivity index (χ4n) is 1.67. The minimum Gasteiger partial charge on any atom is -0.743 e. The van der Waals surface area contributed by atoms with Crippen LogP contribution in [0.15, 0.2) is 0 Å². The standard InChI is InChI=1S/C11H17ClF6O3S.H3N/c1-2-3-4-5-6-8(12)7-9(13,14)10(15,16)11(17,18)22(19,20)21;/h8H,2-7H2,1H3,(H,19,20,21);1H3. The fraction of sp³-hybridized carbons (Fsp3) is 1.00. The highest BCUT2D eigenvalue weighted by Gasteiger charge is 2.74. The molecule has 0 radical (unpaired) electrons. The number of halogens is 7. The van der Waals surface area contributed by atoms with Gasteiger partial charge in [-0.15, -0.1) is 11.6 Å². The molecule has 12 heteroatoms. The van der Waals surface area contributed by atoms with Gasteiger partial charge in [0.25, 0.3) is 0 Å². The molecular weight excluding hydrogens is 376 g/mol. The van der Waals surface area contributed by atoms with Gasteiger partial charge in [0, 0.05) is 11.8 Å². The highest BCUT2D eigenvalue weighted by atomic mass is 35.5. The summed E-state index contributed by atoms with van der Waals surface area (Å²) in [5.74, 6) is -11.8. The van der Waals surface area contributed by atoms with Gasteiger partial charge in [-0.1, -0.05) is 32.6 Å². The van der Waals surface area contributed by atoms with Crippen LogP contribution in [0.4, 0.5) is 26.3 Å². The van der Waals surface area contributed by atoms with Crippen molar-refractivity contribution in [1.82, 2.24) is 6.15 Å². The normalized spacial score (nSPS) is 15.2. The van der Waals surface area contributed by atoms with E-state index in [0.29, 0.717) is 12.8 Å². The molecule has 0 saturated carbocycles. The molecule has 0 aromatic rings. The van der Waals surface area contributed by atoms with Gasteiger partial charge < -0.3 is 10.7 Å². The average molecular weight is 396 g/mol. The Labute approximate surface area is 135 Å². The Bertz CT molecular complexity index is 461. The van der Waals surface area contributed by atoms with Crippen molar-refractivity contribution in [3.05, 3.63) is 0 Å². The zero-order valence-corrected chi connectivity index (χ0v) is 14.2. The maximum Gasteiger partial charge on any atom is 0.402 e. The molecule has 0 aliphatic carbocycles. The van der Waals surface area contributed by atoms with E-state index in [1.165, 1.54) is 0 Å². The number of alkyl halides is 7. The first-order chi connectivity index (χ1) is 9.70. The van der Waals surface area contributed by atoms with Crippen LogP contribution in [0.5, 0.6) is 0 Å². The monoisotopic (exact) mass is 395 g/mol. The van der Waals surface area contributed by atoms with Gasteiger partial charge in [0.15, 0.2) is 10.1 Å². The molecule has 0 aromatic heterocycles. The predicted octanol–water partition coefficient (Wildman–Crippen LogP) is 4.74. The molecule has 0 bridgehead atoms. The summed E-state index contributed by atoms with van der Waals surface area (Å²) in [5, 5.41) is -7.98. The summed E-state index contributed by atoms with van der Waals surface area (Å²) in [6.07, 6.45) is 0.547. The Kier molecular flexibility index (Phi) is 9.48. The molecule has 0 aromatic carbocycles. The largest absolute Gasteiger partial charge is 0.743 e. The third kappa shape index (κ3) is 5.95. The zero-order chi connectivity index (χ0) is 17.8. The Morgan fingerprint density at radius 1 is 1.04 bits per heavy atom. The quantitative estimate of drug-likeness (QED) is 0.250. The molecule has 0 heterocycles. The van der Waals surface area contributed by atoms with Crippen molar-refractivity contribution < 1.29 is 39.3 Å². The minimum absolute atomic E-state index is 0. The Hall–Kier alpha value is -0.260. The molecule has 0 saturated heterocycles. The summed E-state index contributed by atoms with van der Waals surface area (Å²) < 4.78 is 109. The van der Waals surface area contributed by atoms with Crippen molar-refractivity contribution in [2.75, 3.05) is 0 Å². The number of quaternary nitrogens is 1. The molecule has 0 aliphatic rings. The van der Waals surface area contributed by atoms with Crippen LogP contribution >= 0.6 is 11.6 Å². The van der Waals surface area contributed by atoms with Crippen molar-refractivity contribution in [2.24, 2.45) is 0 Å². The van der Waals surface area contributed by atoms with Crippen LogP contribution in [0.1, 0.15) is 45.4 Å². The summed E-state index contributed by atoms with van der Waals surface area (Å²) in [4.78, 5) is 0. The van der Waals surface area contributed by atoms with E-state index in [4.69, 9.17) is 11.6 Å². The number of hydrogen-bond acceptors (Lipinski definition) is 3. The lowest BCUT2D eigenvalue weighted by Gasteiger charge is -2.34. The lowest BCUT2D eigenvalue weighted by molar-refractivity contribution is -0.282. The van der Waals surface area contributed by atoms with Crippen LogP contribution in [-0.4, -0.2) is 35.4 Å². The first-order valence-corrected chi connectivity index (χ1v) is 8.28. The molecule has 0 spiro atoms. The van der Waals surface area contributed by atoms with E-state index >= 15 is 0 Å². The second kappa shape index (κ2) is 8.72. The third-order valence-electron chi connectivity index (χ3n) is 2.99. The molecule has 1 unspecified atom stereocenters. The van der Waals surface area contributed by atoms with Crippen molar-refractivity contribution in [2.45, 2.75) is 67.9 Å². The highest BCUT2D eigenvalue weighted by molar-refractivity contribution is 7.86. The summed E-state index contributed by atoms with van der Waals surface area (Å²) in [6, 6.07) is 0. The van der Waals surface area contributed by atoms with E-state index in [1.54, 1.807) is 0 Å². The molecule has 23 heavy (non-hydrogen) atoms. The summed E-state index contributed by atoms with van der Waals surface area (Å²) in [6.45, 7) is 1.87. The molecule has 1 atom stereocenters. The van der Waals surface area contributed by atoms with Gasteiger partial charge in [-0.05, 0) is 6.42 Å². The maximum absolute atomic E-state index is 13.3. The van der Waals surface area contributed by atoms with E-state index in [1.807, 2.05) is 6.92 Å². The SMILES string of the molecule is CCCCCCC(Cl)CC(F)(F)C(F)(F)C(F)(F)S(=O)(=O)[O-].[NH4+]. The second-order valence-electron chi connectivity index (χ2n) is 4.90. The highest BCUT2D eigenvalue weighted by Crippen LogP contribution is 2.50. The minimum atomic E-state index is -6.96. The van der Waals surface area contributed by atoms with Crippen LogP contribution in [0.25, 0.3) is 0 Å². The fourth-order valence-corrected chi connectivity index (χ4v) is 2.48. The smallest absolute Gasteiger partial charge is 0.402 e. The van der Waals surface area contributed by atoms with Crippen LogP contribution in [0.2, 0.25) is 0 Å². The summed E-state index contributed by atoms with van der Waals surface area (Å²) in [7, 11) is -6.96. The van der Waals surface area contributed by atoms with Gasteiger partial charge in [-0.3, -0.25) is 0 Å².